The normalized spacial score (nSPS) is 14.3. The van der Waals surface area contributed by atoms with Crippen LogP contribution in [0.3, 0.4) is 0 Å². The van der Waals surface area contributed by atoms with E-state index in [-0.39, 0.29) is 43.3 Å². The summed E-state index contributed by atoms with van der Waals surface area (Å²) in [7, 11) is 0. The summed E-state index contributed by atoms with van der Waals surface area (Å²) in [6, 6.07) is 19.5. The van der Waals surface area contributed by atoms with Gasteiger partial charge >= 0.3 is 5.69 Å². The number of hydrogen-bond donors (Lipinski definition) is 2. The number of halogens is 1. The third-order valence-corrected chi connectivity index (χ3v) is 9.28. The van der Waals surface area contributed by atoms with Crippen LogP contribution in [-0.4, -0.2) is 46.8 Å². The molecule has 0 unspecified atom stereocenters. The second kappa shape index (κ2) is 12.0. The van der Waals surface area contributed by atoms with Gasteiger partial charge in [-0.15, -0.1) is 0 Å². The minimum Gasteiger partial charge on any atom is -0.424 e. The molecule has 0 spiro atoms. The Balaban J connectivity index is 1.30. The molecule has 4 heterocycles. The van der Waals surface area contributed by atoms with Gasteiger partial charge in [0.05, 0.1) is 23.6 Å². The van der Waals surface area contributed by atoms with E-state index in [1.165, 1.54) is 10.9 Å². The maximum absolute atomic E-state index is 14.3. The highest BCUT2D eigenvalue weighted by Crippen LogP contribution is 2.28. The summed E-state index contributed by atoms with van der Waals surface area (Å²) < 4.78 is 9.28. The van der Waals surface area contributed by atoms with Gasteiger partial charge in [-0.2, -0.15) is 4.98 Å². The maximum atomic E-state index is 14.3. The molecule has 0 aliphatic carbocycles. The van der Waals surface area contributed by atoms with Gasteiger partial charge in [0.1, 0.15) is 17.5 Å². The molecule has 0 radical (unpaired) electrons. The Morgan fingerprint density at radius 3 is 2.72 bits per heavy atom. The first kappa shape index (κ1) is 30.1. The van der Waals surface area contributed by atoms with Gasteiger partial charge in [0, 0.05) is 40.9 Å². The molecule has 1 aliphatic heterocycles. The van der Waals surface area contributed by atoms with E-state index in [2.05, 4.69) is 36.2 Å². The number of hydrogen-bond acceptors (Lipinski definition) is 8. The SMILES string of the molecule is Cc1cc(C(=O)N2Cc3c(C(=O)NCc4ccccc4-c4ccncn4)n(-c4ccc5oc(N)nc5c4)c(=O)n3C[C@H]2C)ccc1Br. The minimum atomic E-state index is -0.477. The number of imidazole rings is 1. The number of nitrogens with zero attached hydrogens (tertiary/aromatic N) is 6. The molecule has 1 atom stereocenters. The van der Waals surface area contributed by atoms with Crippen molar-refractivity contribution in [3.05, 3.63) is 122 Å². The van der Waals surface area contributed by atoms with Crippen LogP contribution < -0.4 is 16.7 Å². The number of carbonyl (C=O) groups is 2. The zero-order chi connectivity index (χ0) is 32.8. The van der Waals surface area contributed by atoms with Gasteiger partial charge in [0.25, 0.3) is 17.8 Å². The third-order valence-electron chi connectivity index (χ3n) is 8.39. The molecule has 0 saturated carbocycles. The summed E-state index contributed by atoms with van der Waals surface area (Å²) in [5, 5.41) is 3.02. The van der Waals surface area contributed by atoms with Crippen molar-refractivity contribution in [1.82, 2.24) is 34.3 Å². The van der Waals surface area contributed by atoms with Crippen LogP contribution in [0.25, 0.3) is 28.0 Å². The Hall–Kier alpha value is -5.56. The van der Waals surface area contributed by atoms with Crippen LogP contribution in [0.1, 0.15) is 44.6 Å². The zero-order valence-electron chi connectivity index (χ0n) is 25.5. The highest BCUT2D eigenvalue weighted by molar-refractivity contribution is 9.10. The molecule has 0 fully saturated rings. The van der Waals surface area contributed by atoms with E-state index < -0.39 is 11.6 Å². The number of rotatable bonds is 6. The van der Waals surface area contributed by atoms with Crippen LogP contribution in [0.4, 0.5) is 6.01 Å². The first-order chi connectivity index (χ1) is 22.7. The van der Waals surface area contributed by atoms with Gasteiger partial charge in [-0.05, 0) is 67.4 Å². The van der Waals surface area contributed by atoms with Gasteiger partial charge in [0.15, 0.2) is 5.58 Å². The first-order valence-corrected chi connectivity index (χ1v) is 15.7. The van der Waals surface area contributed by atoms with Gasteiger partial charge in [-0.25, -0.2) is 14.8 Å². The number of amides is 2. The minimum absolute atomic E-state index is 0.00727. The molecular formula is C34H29BrN8O4. The fraction of sp³-hybridized carbons (Fsp3) is 0.176. The molecule has 13 heteroatoms. The fourth-order valence-corrected chi connectivity index (χ4v) is 6.26. The summed E-state index contributed by atoms with van der Waals surface area (Å²) in [5.41, 5.74) is 11.1. The summed E-state index contributed by atoms with van der Waals surface area (Å²) >= 11 is 3.50. The molecule has 6 aromatic rings. The van der Waals surface area contributed by atoms with Crippen molar-refractivity contribution >= 4 is 44.9 Å². The summed E-state index contributed by atoms with van der Waals surface area (Å²) in [5.74, 6) is -0.668. The van der Waals surface area contributed by atoms with Crippen molar-refractivity contribution in [3.8, 4) is 16.9 Å². The topological polar surface area (TPSA) is 154 Å². The lowest BCUT2D eigenvalue weighted by molar-refractivity contribution is 0.0610. The molecule has 12 nitrogen and oxygen atoms in total. The summed E-state index contributed by atoms with van der Waals surface area (Å²) in [6.45, 7) is 4.23. The molecule has 0 bridgehead atoms. The van der Waals surface area contributed by atoms with E-state index in [0.29, 0.717) is 28.0 Å². The number of nitrogens with two attached hydrogens (primary N) is 1. The number of oxazole rings is 1. The highest BCUT2D eigenvalue weighted by Gasteiger charge is 2.35. The number of anilines is 1. The van der Waals surface area contributed by atoms with Crippen LogP contribution in [0.5, 0.6) is 0 Å². The average Bonchev–Trinajstić information content (AvgIpc) is 3.59. The molecular weight excluding hydrogens is 664 g/mol. The predicted octanol–water partition coefficient (Wildman–Crippen LogP) is 4.86. The Morgan fingerprint density at radius 2 is 1.94 bits per heavy atom. The largest absolute Gasteiger partial charge is 0.424 e. The van der Waals surface area contributed by atoms with E-state index in [1.54, 1.807) is 46.0 Å². The van der Waals surface area contributed by atoms with E-state index in [1.807, 2.05) is 50.2 Å². The Bertz CT molecular complexity index is 2240. The van der Waals surface area contributed by atoms with E-state index in [9.17, 15) is 14.4 Å². The first-order valence-electron chi connectivity index (χ1n) is 14.9. The standard InChI is InChI=1S/C34H29BrN8O4/c1-19-13-21(7-9-25(19)35)32(45)41-17-28-30(31(44)38-15-22-5-3-4-6-24(22)26-11-12-37-18-39-26)43(34(46)42(28)16-20(41)2)23-8-10-29-27(14-23)40-33(36)47-29/h3-14,18,20H,15-17H2,1-2H3,(H2,36,40)(H,38,44)/t20-/m1/s1. The van der Waals surface area contributed by atoms with Crippen LogP contribution >= 0.6 is 15.9 Å². The van der Waals surface area contributed by atoms with Crippen molar-refractivity contribution in [2.75, 3.05) is 5.73 Å². The van der Waals surface area contributed by atoms with Crippen LogP contribution in [0.15, 0.2) is 92.9 Å². The van der Waals surface area contributed by atoms with Crippen molar-refractivity contribution in [2.45, 2.75) is 39.5 Å². The lowest BCUT2D eigenvalue weighted by Gasteiger charge is -2.34. The maximum Gasteiger partial charge on any atom is 0.333 e. The number of fused-ring (bicyclic) bond motifs is 2. The lowest BCUT2D eigenvalue weighted by atomic mass is 10.0. The molecule has 3 N–H and O–H groups in total. The van der Waals surface area contributed by atoms with Crippen molar-refractivity contribution < 1.29 is 14.0 Å². The lowest BCUT2D eigenvalue weighted by Crippen LogP contribution is -2.47. The van der Waals surface area contributed by atoms with E-state index >= 15 is 0 Å². The van der Waals surface area contributed by atoms with Crippen molar-refractivity contribution in [3.63, 3.8) is 0 Å². The van der Waals surface area contributed by atoms with Crippen LogP contribution in [0.2, 0.25) is 0 Å². The number of carbonyl (C=O) groups excluding carboxylic acids is 2. The molecule has 3 aromatic heterocycles. The molecule has 1 aliphatic rings. The second-order valence-corrected chi connectivity index (χ2v) is 12.3. The predicted molar refractivity (Wildman–Crippen MR) is 179 cm³/mol. The van der Waals surface area contributed by atoms with Gasteiger partial charge in [-0.3, -0.25) is 18.7 Å². The molecule has 3 aromatic carbocycles. The van der Waals surface area contributed by atoms with Crippen molar-refractivity contribution in [2.24, 2.45) is 0 Å². The molecule has 2 amide bonds. The fourth-order valence-electron chi connectivity index (χ4n) is 6.01. The van der Waals surface area contributed by atoms with Crippen LogP contribution in [-0.2, 0) is 19.6 Å². The van der Waals surface area contributed by atoms with E-state index in [4.69, 9.17) is 10.2 Å². The highest BCUT2D eigenvalue weighted by atomic mass is 79.9. The van der Waals surface area contributed by atoms with Gasteiger partial charge in [0.2, 0.25) is 0 Å². The summed E-state index contributed by atoms with van der Waals surface area (Å²) in [6.07, 6.45) is 3.13. The number of benzene rings is 3. The van der Waals surface area contributed by atoms with Gasteiger partial charge in [-0.1, -0.05) is 40.2 Å². The Labute approximate surface area is 277 Å². The Morgan fingerprint density at radius 1 is 1.11 bits per heavy atom. The summed E-state index contributed by atoms with van der Waals surface area (Å²) in [4.78, 5) is 56.5. The number of aryl methyl sites for hydroxylation is 1. The van der Waals surface area contributed by atoms with Gasteiger partial charge < -0.3 is 20.4 Å². The number of nitrogen functional groups attached to an aromatic ring is 1. The quantitative estimate of drug-likeness (QED) is 0.251. The zero-order valence-corrected chi connectivity index (χ0v) is 27.1. The molecule has 236 valence electrons. The average molecular weight is 694 g/mol. The van der Waals surface area contributed by atoms with Crippen molar-refractivity contribution in [1.29, 1.82) is 0 Å². The Kier molecular flexibility index (Phi) is 7.68. The molecule has 0 saturated heterocycles. The van der Waals surface area contributed by atoms with E-state index in [0.717, 1.165) is 26.9 Å². The third kappa shape index (κ3) is 5.48. The second-order valence-electron chi connectivity index (χ2n) is 11.4. The molecule has 47 heavy (non-hydrogen) atoms. The molecule has 7 rings (SSSR count). The number of aromatic nitrogens is 5. The van der Waals surface area contributed by atoms with Crippen LogP contribution in [0, 0.1) is 6.92 Å². The number of nitrogens with one attached hydrogen (secondary N) is 1. The monoisotopic (exact) mass is 692 g/mol. The smallest absolute Gasteiger partial charge is 0.333 e.